The van der Waals surface area contributed by atoms with Gasteiger partial charge in [0.25, 0.3) is 0 Å². The van der Waals surface area contributed by atoms with Gasteiger partial charge in [0.2, 0.25) is 0 Å². The second-order valence-corrected chi connectivity index (χ2v) is 4.34. The molecule has 0 fully saturated rings. The Hall–Kier alpha value is -2.15. The molecular formula is C14H16N4. The Labute approximate surface area is 106 Å². The Morgan fingerprint density at radius 3 is 2.83 bits per heavy atom. The number of fused-ring (bicyclic) bond motifs is 1. The highest BCUT2D eigenvalue weighted by molar-refractivity contribution is 5.93. The number of benzene rings is 1. The van der Waals surface area contributed by atoms with E-state index in [4.69, 9.17) is 11.0 Å². The van der Waals surface area contributed by atoms with E-state index in [0.717, 1.165) is 29.3 Å². The standard InChI is InChI=1S/C14H16N4/c1-2-3-4-6-10-7-5-8-11-13(16)12(9-15)17-18-14(10)11/h5,7-8H,2-4,6H2,1H3,(H2,16,18). The van der Waals surface area contributed by atoms with E-state index in [1.807, 2.05) is 18.2 Å². The topological polar surface area (TPSA) is 75.6 Å². The number of aromatic nitrogens is 2. The molecule has 0 bridgehead atoms. The number of hydrogen-bond donors (Lipinski definition) is 1. The summed E-state index contributed by atoms with van der Waals surface area (Å²) in [5, 5.41) is 17.7. The van der Waals surface area contributed by atoms with Gasteiger partial charge < -0.3 is 5.73 Å². The lowest BCUT2D eigenvalue weighted by Crippen LogP contribution is -2.00. The minimum atomic E-state index is 0.202. The lowest BCUT2D eigenvalue weighted by Gasteiger charge is -2.07. The molecule has 1 aromatic carbocycles. The van der Waals surface area contributed by atoms with Crippen molar-refractivity contribution < 1.29 is 0 Å². The smallest absolute Gasteiger partial charge is 0.186 e. The molecule has 4 nitrogen and oxygen atoms in total. The summed E-state index contributed by atoms with van der Waals surface area (Å²) in [6.45, 7) is 2.18. The highest BCUT2D eigenvalue weighted by Crippen LogP contribution is 2.24. The zero-order valence-corrected chi connectivity index (χ0v) is 10.5. The Bertz CT molecular complexity index is 599. The summed E-state index contributed by atoms with van der Waals surface area (Å²) < 4.78 is 0. The van der Waals surface area contributed by atoms with Gasteiger partial charge in [0.05, 0.1) is 11.2 Å². The van der Waals surface area contributed by atoms with E-state index in [1.165, 1.54) is 12.8 Å². The van der Waals surface area contributed by atoms with Crippen LogP contribution in [0.15, 0.2) is 18.2 Å². The molecule has 1 aromatic heterocycles. The molecule has 0 saturated carbocycles. The van der Waals surface area contributed by atoms with Crippen LogP contribution in [0.1, 0.15) is 37.4 Å². The predicted octanol–water partition coefficient (Wildman–Crippen LogP) is 2.82. The van der Waals surface area contributed by atoms with Gasteiger partial charge in [-0.15, -0.1) is 10.2 Å². The number of nitrogens with two attached hydrogens (primary N) is 1. The number of nitrogen functional groups attached to an aromatic ring is 1. The number of aryl methyl sites for hydroxylation is 1. The van der Waals surface area contributed by atoms with Crippen molar-refractivity contribution in [2.75, 3.05) is 5.73 Å². The summed E-state index contributed by atoms with van der Waals surface area (Å²) in [5.41, 5.74) is 8.54. The lowest BCUT2D eigenvalue weighted by molar-refractivity contribution is 0.718. The number of nitriles is 1. The SMILES string of the molecule is CCCCCc1cccc2c(N)c(C#N)nnc12. The van der Waals surface area contributed by atoms with Crippen molar-refractivity contribution in [2.24, 2.45) is 0 Å². The summed E-state index contributed by atoms with van der Waals surface area (Å²) in [4.78, 5) is 0. The first-order chi connectivity index (χ1) is 8.77. The van der Waals surface area contributed by atoms with Gasteiger partial charge in [-0.3, -0.25) is 0 Å². The Balaban J connectivity index is 2.45. The molecule has 0 unspecified atom stereocenters. The molecule has 0 saturated heterocycles. The highest BCUT2D eigenvalue weighted by atomic mass is 15.1. The van der Waals surface area contributed by atoms with Gasteiger partial charge in [-0.1, -0.05) is 38.0 Å². The summed E-state index contributed by atoms with van der Waals surface area (Å²) >= 11 is 0. The first-order valence-electron chi connectivity index (χ1n) is 6.21. The maximum Gasteiger partial charge on any atom is 0.186 e. The molecule has 0 aliphatic heterocycles. The third-order valence-corrected chi connectivity index (χ3v) is 3.07. The van der Waals surface area contributed by atoms with Crippen LogP contribution in [0.25, 0.3) is 10.9 Å². The lowest BCUT2D eigenvalue weighted by atomic mass is 10.0. The highest BCUT2D eigenvalue weighted by Gasteiger charge is 2.09. The molecule has 0 amide bonds. The second-order valence-electron chi connectivity index (χ2n) is 4.34. The molecule has 4 heteroatoms. The molecule has 18 heavy (non-hydrogen) atoms. The van der Waals surface area contributed by atoms with Crippen molar-refractivity contribution in [3.63, 3.8) is 0 Å². The van der Waals surface area contributed by atoms with Crippen LogP contribution in [0.2, 0.25) is 0 Å². The molecule has 0 atom stereocenters. The average Bonchev–Trinajstić information content (AvgIpc) is 2.40. The summed E-state index contributed by atoms with van der Waals surface area (Å²) in [6.07, 6.45) is 4.51. The van der Waals surface area contributed by atoms with Crippen molar-refractivity contribution in [1.29, 1.82) is 5.26 Å². The van der Waals surface area contributed by atoms with Gasteiger partial charge in [-0.05, 0) is 18.4 Å². The van der Waals surface area contributed by atoms with E-state index in [2.05, 4.69) is 23.2 Å². The Morgan fingerprint density at radius 2 is 2.11 bits per heavy atom. The quantitative estimate of drug-likeness (QED) is 0.834. The summed E-state index contributed by atoms with van der Waals surface area (Å²) in [7, 11) is 0. The largest absolute Gasteiger partial charge is 0.396 e. The molecule has 0 spiro atoms. The fourth-order valence-corrected chi connectivity index (χ4v) is 2.06. The van der Waals surface area contributed by atoms with E-state index in [9.17, 15) is 0 Å². The third kappa shape index (κ3) is 2.25. The first kappa shape index (κ1) is 12.3. The van der Waals surface area contributed by atoms with Crippen LogP contribution in [-0.2, 0) is 6.42 Å². The maximum absolute atomic E-state index is 8.89. The number of hydrogen-bond acceptors (Lipinski definition) is 4. The fraction of sp³-hybridized carbons (Fsp3) is 0.357. The average molecular weight is 240 g/mol. The molecule has 92 valence electrons. The van der Waals surface area contributed by atoms with Crippen LogP contribution in [0.5, 0.6) is 0 Å². The zero-order chi connectivity index (χ0) is 13.0. The Morgan fingerprint density at radius 1 is 1.28 bits per heavy atom. The van der Waals surface area contributed by atoms with Crippen LogP contribution in [0.3, 0.4) is 0 Å². The molecule has 2 rings (SSSR count). The van der Waals surface area contributed by atoms with Gasteiger partial charge in [0.15, 0.2) is 5.69 Å². The van der Waals surface area contributed by atoms with Crippen LogP contribution >= 0.6 is 0 Å². The maximum atomic E-state index is 8.89. The minimum Gasteiger partial charge on any atom is -0.396 e. The van der Waals surface area contributed by atoms with Crippen molar-refractivity contribution in [3.8, 4) is 6.07 Å². The molecule has 0 aliphatic rings. The number of nitrogens with zero attached hydrogens (tertiary/aromatic N) is 3. The fourth-order valence-electron chi connectivity index (χ4n) is 2.06. The van der Waals surface area contributed by atoms with Crippen LogP contribution in [0.4, 0.5) is 5.69 Å². The van der Waals surface area contributed by atoms with Gasteiger partial charge in [-0.2, -0.15) is 5.26 Å². The van der Waals surface area contributed by atoms with E-state index in [-0.39, 0.29) is 5.69 Å². The number of anilines is 1. The first-order valence-corrected chi connectivity index (χ1v) is 6.21. The van der Waals surface area contributed by atoms with Crippen LogP contribution in [-0.4, -0.2) is 10.2 Å². The summed E-state index contributed by atoms with van der Waals surface area (Å²) in [6, 6.07) is 7.87. The van der Waals surface area contributed by atoms with E-state index < -0.39 is 0 Å². The number of unbranched alkanes of at least 4 members (excludes halogenated alkanes) is 2. The molecule has 0 radical (unpaired) electrons. The minimum absolute atomic E-state index is 0.202. The number of rotatable bonds is 4. The van der Waals surface area contributed by atoms with E-state index in [1.54, 1.807) is 0 Å². The monoisotopic (exact) mass is 240 g/mol. The normalized spacial score (nSPS) is 10.4. The van der Waals surface area contributed by atoms with Crippen molar-refractivity contribution >= 4 is 16.6 Å². The van der Waals surface area contributed by atoms with Crippen LogP contribution < -0.4 is 5.73 Å². The van der Waals surface area contributed by atoms with Gasteiger partial charge in [0.1, 0.15) is 6.07 Å². The molecule has 1 heterocycles. The molecular weight excluding hydrogens is 224 g/mol. The van der Waals surface area contributed by atoms with Crippen molar-refractivity contribution in [2.45, 2.75) is 32.6 Å². The third-order valence-electron chi connectivity index (χ3n) is 3.07. The second kappa shape index (κ2) is 5.46. The van der Waals surface area contributed by atoms with E-state index >= 15 is 0 Å². The molecule has 0 aliphatic carbocycles. The molecule has 2 N–H and O–H groups in total. The predicted molar refractivity (Wildman–Crippen MR) is 71.9 cm³/mol. The van der Waals surface area contributed by atoms with Crippen LogP contribution in [0, 0.1) is 11.3 Å². The van der Waals surface area contributed by atoms with Gasteiger partial charge in [-0.25, -0.2) is 0 Å². The van der Waals surface area contributed by atoms with Gasteiger partial charge >= 0.3 is 0 Å². The molecule has 2 aromatic rings. The van der Waals surface area contributed by atoms with Crippen molar-refractivity contribution in [3.05, 3.63) is 29.5 Å². The van der Waals surface area contributed by atoms with Crippen molar-refractivity contribution in [1.82, 2.24) is 10.2 Å². The zero-order valence-electron chi connectivity index (χ0n) is 10.5. The Kier molecular flexibility index (Phi) is 3.73. The van der Waals surface area contributed by atoms with E-state index in [0.29, 0.717) is 5.69 Å². The summed E-state index contributed by atoms with van der Waals surface area (Å²) in [5.74, 6) is 0. The van der Waals surface area contributed by atoms with Gasteiger partial charge in [0, 0.05) is 5.39 Å².